The van der Waals surface area contributed by atoms with Gasteiger partial charge in [-0.3, -0.25) is 0 Å². The summed E-state index contributed by atoms with van der Waals surface area (Å²) in [5.74, 6) is 2.19. The Kier molecular flexibility index (Phi) is 8.37. The molecule has 0 amide bonds. The Morgan fingerprint density at radius 3 is 2.62 bits per heavy atom. The van der Waals surface area contributed by atoms with Crippen molar-refractivity contribution in [3.05, 3.63) is 11.7 Å². The molecule has 1 heterocycles. The molecule has 1 aromatic heterocycles. The maximum atomic E-state index is 11.9. The minimum absolute atomic E-state index is 0.172. The number of ether oxygens (including phenoxy) is 1. The van der Waals surface area contributed by atoms with Gasteiger partial charge in [0.05, 0.1) is 6.61 Å². The molecule has 0 radical (unpaired) electrons. The van der Waals surface area contributed by atoms with E-state index in [1.54, 1.807) is 0 Å². The van der Waals surface area contributed by atoms with E-state index in [1.807, 2.05) is 0 Å². The third-order valence-electron chi connectivity index (χ3n) is 3.43. The standard InChI is InChI=1S/C14H25F2N3O2/c1-10(2)11(5-7-17)3-4-14-18-13(19-21-14)6-8-20-9-12(15)16/h10-12H,3-9,17H2,1-2H3. The molecule has 122 valence electrons. The van der Waals surface area contributed by atoms with Gasteiger partial charge in [-0.1, -0.05) is 19.0 Å². The van der Waals surface area contributed by atoms with Gasteiger partial charge >= 0.3 is 0 Å². The second kappa shape index (κ2) is 9.78. The zero-order valence-corrected chi connectivity index (χ0v) is 12.7. The van der Waals surface area contributed by atoms with Crippen LogP contribution < -0.4 is 5.73 Å². The van der Waals surface area contributed by atoms with Gasteiger partial charge in [0.15, 0.2) is 5.82 Å². The molecule has 1 atom stereocenters. The average Bonchev–Trinajstić information content (AvgIpc) is 2.87. The first-order chi connectivity index (χ1) is 10.0. The lowest BCUT2D eigenvalue weighted by atomic mass is 9.88. The van der Waals surface area contributed by atoms with Gasteiger partial charge in [-0.05, 0) is 31.2 Å². The van der Waals surface area contributed by atoms with Crippen LogP contribution >= 0.6 is 0 Å². The Morgan fingerprint density at radius 2 is 2.00 bits per heavy atom. The zero-order valence-electron chi connectivity index (χ0n) is 12.7. The van der Waals surface area contributed by atoms with Gasteiger partial charge in [0.25, 0.3) is 6.43 Å². The van der Waals surface area contributed by atoms with Gasteiger partial charge in [-0.2, -0.15) is 4.98 Å². The maximum absolute atomic E-state index is 11.9. The number of aromatic nitrogens is 2. The first-order valence-electron chi connectivity index (χ1n) is 7.40. The van der Waals surface area contributed by atoms with E-state index >= 15 is 0 Å². The second-order valence-corrected chi connectivity index (χ2v) is 5.44. The van der Waals surface area contributed by atoms with Crippen molar-refractivity contribution in [3.63, 3.8) is 0 Å². The fourth-order valence-electron chi connectivity index (χ4n) is 2.16. The fraction of sp³-hybridized carbons (Fsp3) is 0.857. The number of aryl methyl sites for hydroxylation is 1. The number of rotatable bonds is 11. The lowest BCUT2D eigenvalue weighted by Crippen LogP contribution is -2.15. The zero-order chi connectivity index (χ0) is 15.7. The molecule has 0 aliphatic heterocycles. The summed E-state index contributed by atoms with van der Waals surface area (Å²) in [5.41, 5.74) is 5.61. The van der Waals surface area contributed by atoms with E-state index in [0.29, 0.717) is 42.9 Å². The number of halogens is 2. The molecule has 0 aromatic carbocycles. The van der Waals surface area contributed by atoms with E-state index in [-0.39, 0.29) is 6.61 Å². The van der Waals surface area contributed by atoms with Crippen LogP contribution in [0.2, 0.25) is 0 Å². The Balaban J connectivity index is 2.30. The summed E-state index contributed by atoms with van der Waals surface area (Å²) in [4.78, 5) is 4.24. The van der Waals surface area contributed by atoms with Gasteiger partial charge in [-0.25, -0.2) is 8.78 Å². The van der Waals surface area contributed by atoms with E-state index in [1.165, 1.54) is 0 Å². The number of alkyl halides is 2. The number of hydrogen-bond acceptors (Lipinski definition) is 5. The van der Waals surface area contributed by atoms with Crippen molar-refractivity contribution < 1.29 is 18.0 Å². The SMILES string of the molecule is CC(C)C(CCN)CCc1nc(CCOCC(F)F)no1. The van der Waals surface area contributed by atoms with Crippen LogP contribution in [0.3, 0.4) is 0 Å². The van der Waals surface area contributed by atoms with Crippen LogP contribution in [0.5, 0.6) is 0 Å². The molecule has 0 aliphatic carbocycles. The van der Waals surface area contributed by atoms with Crippen LogP contribution in [0.15, 0.2) is 4.52 Å². The summed E-state index contributed by atoms with van der Waals surface area (Å²) in [6.45, 7) is 4.66. The predicted octanol–water partition coefficient (Wildman–Crippen LogP) is 2.45. The van der Waals surface area contributed by atoms with E-state index in [9.17, 15) is 8.78 Å². The van der Waals surface area contributed by atoms with Crippen molar-refractivity contribution in [1.82, 2.24) is 10.1 Å². The molecule has 7 heteroatoms. The molecule has 0 saturated carbocycles. The normalized spacial score (nSPS) is 13.3. The summed E-state index contributed by atoms with van der Waals surface area (Å²) < 4.78 is 33.7. The molecule has 1 aromatic rings. The van der Waals surface area contributed by atoms with Crippen LogP contribution in [-0.2, 0) is 17.6 Å². The third-order valence-corrected chi connectivity index (χ3v) is 3.43. The minimum atomic E-state index is -2.44. The molecule has 0 bridgehead atoms. The fourth-order valence-corrected chi connectivity index (χ4v) is 2.16. The molecule has 0 aliphatic rings. The Morgan fingerprint density at radius 1 is 1.24 bits per heavy atom. The quantitative estimate of drug-likeness (QED) is 0.636. The first-order valence-corrected chi connectivity index (χ1v) is 7.40. The predicted molar refractivity (Wildman–Crippen MR) is 75.1 cm³/mol. The van der Waals surface area contributed by atoms with Crippen LogP contribution in [0, 0.1) is 11.8 Å². The number of hydrogen-bond donors (Lipinski definition) is 1. The molecular formula is C14H25F2N3O2. The van der Waals surface area contributed by atoms with Gasteiger partial charge in [0, 0.05) is 12.8 Å². The summed E-state index contributed by atoms with van der Waals surface area (Å²) in [6, 6.07) is 0. The molecule has 2 N–H and O–H groups in total. The highest BCUT2D eigenvalue weighted by Gasteiger charge is 2.15. The van der Waals surface area contributed by atoms with Crippen LogP contribution in [0.1, 0.15) is 38.4 Å². The van der Waals surface area contributed by atoms with Crippen molar-refractivity contribution in [2.45, 2.75) is 46.0 Å². The number of nitrogens with two attached hydrogens (primary N) is 1. The maximum Gasteiger partial charge on any atom is 0.261 e. The highest BCUT2D eigenvalue weighted by atomic mass is 19.3. The average molecular weight is 305 g/mol. The Hall–Kier alpha value is -1.08. The van der Waals surface area contributed by atoms with E-state index in [4.69, 9.17) is 15.0 Å². The summed E-state index contributed by atoms with van der Waals surface area (Å²) in [5, 5.41) is 3.82. The lowest BCUT2D eigenvalue weighted by Gasteiger charge is -2.18. The highest BCUT2D eigenvalue weighted by molar-refractivity contribution is 4.87. The van der Waals surface area contributed by atoms with Gasteiger partial charge in [0.1, 0.15) is 6.61 Å². The Bertz CT molecular complexity index is 386. The van der Waals surface area contributed by atoms with Gasteiger partial charge in [-0.15, -0.1) is 0 Å². The summed E-state index contributed by atoms with van der Waals surface area (Å²) in [7, 11) is 0. The lowest BCUT2D eigenvalue weighted by molar-refractivity contribution is 0.0182. The van der Waals surface area contributed by atoms with Crippen molar-refractivity contribution >= 4 is 0 Å². The summed E-state index contributed by atoms with van der Waals surface area (Å²) in [6.07, 6.45) is 0.597. The topological polar surface area (TPSA) is 74.2 Å². The second-order valence-electron chi connectivity index (χ2n) is 5.44. The van der Waals surface area contributed by atoms with Crippen molar-refractivity contribution in [1.29, 1.82) is 0 Å². The molecule has 1 unspecified atom stereocenters. The molecule has 0 fully saturated rings. The van der Waals surface area contributed by atoms with Crippen molar-refractivity contribution in [2.24, 2.45) is 17.6 Å². The van der Waals surface area contributed by atoms with E-state index in [2.05, 4.69) is 24.0 Å². The van der Waals surface area contributed by atoms with Crippen molar-refractivity contribution in [2.75, 3.05) is 19.8 Å². The molecule has 5 nitrogen and oxygen atoms in total. The Labute approximate surface area is 124 Å². The molecule has 21 heavy (non-hydrogen) atoms. The van der Waals surface area contributed by atoms with Crippen LogP contribution in [0.25, 0.3) is 0 Å². The largest absolute Gasteiger partial charge is 0.375 e. The molecule has 0 saturated heterocycles. The minimum Gasteiger partial charge on any atom is -0.375 e. The van der Waals surface area contributed by atoms with Gasteiger partial charge < -0.3 is 15.0 Å². The third kappa shape index (κ3) is 7.47. The van der Waals surface area contributed by atoms with Gasteiger partial charge in [0.2, 0.25) is 5.89 Å². The monoisotopic (exact) mass is 305 g/mol. The van der Waals surface area contributed by atoms with Crippen LogP contribution in [-0.4, -0.2) is 36.3 Å². The smallest absolute Gasteiger partial charge is 0.261 e. The highest BCUT2D eigenvalue weighted by Crippen LogP contribution is 2.20. The number of nitrogens with zero attached hydrogens (tertiary/aromatic N) is 2. The molecular weight excluding hydrogens is 280 g/mol. The van der Waals surface area contributed by atoms with Crippen molar-refractivity contribution in [3.8, 4) is 0 Å². The first kappa shape index (κ1) is 18.0. The summed E-state index contributed by atoms with van der Waals surface area (Å²) >= 11 is 0. The van der Waals surface area contributed by atoms with E-state index < -0.39 is 13.0 Å². The van der Waals surface area contributed by atoms with E-state index in [0.717, 1.165) is 12.8 Å². The van der Waals surface area contributed by atoms with Crippen LogP contribution in [0.4, 0.5) is 8.78 Å². The molecule has 0 spiro atoms. The molecule has 1 rings (SSSR count).